The number of hydrogen-bond acceptors (Lipinski definition) is 7. The highest BCUT2D eigenvalue weighted by molar-refractivity contribution is 6.39. The fraction of sp³-hybridized carbons (Fsp3) is 0.346. The van der Waals surface area contributed by atoms with Gasteiger partial charge in [0, 0.05) is 38.4 Å². The molecule has 0 atom stereocenters. The van der Waals surface area contributed by atoms with Gasteiger partial charge in [0.05, 0.1) is 21.3 Å². The van der Waals surface area contributed by atoms with E-state index >= 15 is 0 Å². The number of piperazine rings is 1. The zero-order valence-electron chi connectivity index (χ0n) is 21.3. The van der Waals surface area contributed by atoms with Gasteiger partial charge in [-0.3, -0.25) is 4.90 Å². The van der Waals surface area contributed by atoms with Crippen molar-refractivity contribution in [3.63, 3.8) is 0 Å². The number of alkyl halides is 3. The van der Waals surface area contributed by atoms with E-state index in [1.807, 2.05) is 0 Å². The van der Waals surface area contributed by atoms with Crippen molar-refractivity contribution in [2.75, 3.05) is 48.3 Å². The number of rotatable bonds is 7. The predicted molar refractivity (Wildman–Crippen MR) is 150 cm³/mol. The molecule has 1 fully saturated rings. The van der Waals surface area contributed by atoms with E-state index in [-0.39, 0.29) is 0 Å². The molecule has 2 aromatic carbocycles. The summed E-state index contributed by atoms with van der Waals surface area (Å²) in [6.45, 7) is 8.64. The van der Waals surface area contributed by atoms with Gasteiger partial charge in [0.1, 0.15) is 5.52 Å². The van der Waals surface area contributed by atoms with Crippen LogP contribution in [0, 0.1) is 5.92 Å². The van der Waals surface area contributed by atoms with Crippen LogP contribution in [-0.4, -0.2) is 57.6 Å². The average molecular weight is 579 g/mol. The number of hydrogen-bond donors (Lipinski definition) is 3. The number of H-pyrrole nitrogens is 1. The number of aromatic nitrogens is 4. The third-order valence-electron chi connectivity index (χ3n) is 6.30. The predicted octanol–water partition coefficient (Wildman–Crippen LogP) is 6.94. The number of imidazole rings is 1. The molecule has 0 amide bonds. The molecule has 8 nitrogen and oxygen atoms in total. The lowest BCUT2D eigenvalue weighted by atomic mass is 10.2. The van der Waals surface area contributed by atoms with Gasteiger partial charge in [-0.15, -0.1) is 0 Å². The van der Waals surface area contributed by atoms with Crippen LogP contribution < -0.4 is 15.5 Å². The lowest BCUT2D eigenvalue weighted by molar-refractivity contribution is -0.137. The zero-order valence-corrected chi connectivity index (χ0v) is 22.8. The summed E-state index contributed by atoms with van der Waals surface area (Å²) >= 11 is 12.6. The minimum Gasteiger partial charge on any atom is -0.338 e. The molecule has 0 aliphatic carbocycles. The van der Waals surface area contributed by atoms with Crippen LogP contribution in [0.5, 0.6) is 0 Å². The first-order valence-electron chi connectivity index (χ1n) is 12.5. The Kier molecular flexibility index (Phi) is 7.75. The van der Waals surface area contributed by atoms with Crippen molar-refractivity contribution in [2.24, 2.45) is 5.92 Å². The van der Waals surface area contributed by atoms with Crippen molar-refractivity contribution in [3.8, 4) is 0 Å². The lowest BCUT2D eigenvalue weighted by Gasteiger charge is -2.35. The fourth-order valence-corrected chi connectivity index (χ4v) is 4.93. The Bertz CT molecular complexity index is 1430. The molecule has 5 rings (SSSR count). The Morgan fingerprint density at radius 1 is 0.923 bits per heavy atom. The summed E-state index contributed by atoms with van der Waals surface area (Å²) < 4.78 is 39.2. The van der Waals surface area contributed by atoms with Crippen molar-refractivity contribution in [1.29, 1.82) is 0 Å². The standard InChI is InChI=1S/C26H27Cl2F3N8/c1-15(2)14-38-10-12-39(13-11-38)25-36-22(32-17-8-6-16(7-9-17)26(29,30)31)21-23(37-25)35-24(34-21)33-20-18(27)4-3-5-19(20)28/h3-9,15H,10-14H2,1-2H3,(H3,32,33,34,35,36,37). The molecule has 3 heterocycles. The van der Waals surface area contributed by atoms with Gasteiger partial charge in [-0.05, 0) is 42.3 Å². The van der Waals surface area contributed by atoms with Crippen LogP contribution in [0.15, 0.2) is 42.5 Å². The van der Waals surface area contributed by atoms with Crippen molar-refractivity contribution >= 4 is 63.5 Å². The maximum absolute atomic E-state index is 13.1. The monoisotopic (exact) mass is 578 g/mol. The maximum atomic E-state index is 13.1. The van der Waals surface area contributed by atoms with Crippen LogP contribution in [0.4, 0.5) is 42.3 Å². The number of anilines is 5. The molecule has 1 aliphatic heterocycles. The third-order valence-corrected chi connectivity index (χ3v) is 6.93. The number of para-hydroxylation sites is 1. The second-order valence-electron chi connectivity index (χ2n) is 9.76. The molecule has 0 bridgehead atoms. The van der Waals surface area contributed by atoms with Gasteiger partial charge in [0.15, 0.2) is 11.5 Å². The lowest BCUT2D eigenvalue weighted by Crippen LogP contribution is -2.48. The molecule has 0 unspecified atom stereocenters. The topological polar surface area (TPSA) is 85.0 Å². The van der Waals surface area contributed by atoms with Crippen LogP contribution in [0.25, 0.3) is 11.2 Å². The maximum Gasteiger partial charge on any atom is 0.416 e. The van der Waals surface area contributed by atoms with Crippen LogP contribution in [0.1, 0.15) is 19.4 Å². The van der Waals surface area contributed by atoms with Crippen molar-refractivity contribution in [2.45, 2.75) is 20.0 Å². The first-order valence-corrected chi connectivity index (χ1v) is 13.2. The number of aromatic amines is 1. The molecule has 2 aromatic heterocycles. The largest absolute Gasteiger partial charge is 0.416 e. The first kappa shape index (κ1) is 27.3. The Hall–Kier alpha value is -3.28. The van der Waals surface area contributed by atoms with Gasteiger partial charge < -0.3 is 20.5 Å². The SMILES string of the molecule is CC(C)CN1CCN(c2nc(Nc3ccc(C(F)(F)F)cc3)c3[nH]c(Nc4c(Cl)cccc4Cl)nc3n2)CC1. The number of benzene rings is 2. The van der Waals surface area contributed by atoms with E-state index in [1.54, 1.807) is 18.2 Å². The van der Waals surface area contributed by atoms with Gasteiger partial charge in [-0.25, -0.2) is 0 Å². The smallest absolute Gasteiger partial charge is 0.338 e. The highest BCUT2D eigenvalue weighted by Crippen LogP contribution is 2.34. The van der Waals surface area contributed by atoms with Crippen molar-refractivity contribution in [1.82, 2.24) is 24.8 Å². The molecule has 0 saturated carbocycles. The Morgan fingerprint density at radius 2 is 1.59 bits per heavy atom. The highest BCUT2D eigenvalue weighted by atomic mass is 35.5. The van der Waals surface area contributed by atoms with E-state index in [0.29, 0.717) is 56.2 Å². The summed E-state index contributed by atoms with van der Waals surface area (Å²) in [7, 11) is 0. The Morgan fingerprint density at radius 3 is 2.21 bits per heavy atom. The summed E-state index contributed by atoms with van der Waals surface area (Å²) in [4.78, 5) is 21.7. The summed E-state index contributed by atoms with van der Waals surface area (Å²) in [6, 6.07) is 9.91. The van der Waals surface area contributed by atoms with Gasteiger partial charge in [0.2, 0.25) is 11.9 Å². The van der Waals surface area contributed by atoms with E-state index in [9.17, 15) is 13.2 Å². The fourth-order valence-electron chi connectivity index (χ4n) is 4.44. The average Bonchev–Trinajstić information content (AvgIpc) is 3.29. The minimum atomic E-state index is -4.42. The Labute approximate surface area is 233 Å². The second kappa shape index (κ2) is 11.1. The van der Waals surface area contributed by atoms with E-state index in [4.69, 9.17) is 33.2 Å². The van der Waals surface area contributed by atoms with E-state index in [0.717, 1.165) is 44.9 Å². The molecule has 4 aromatic rings. The van der Waals surface area contributed by atoms with Crippen LogP contribution in [0.2, 0.25) is 10.0 Å². The summed E-state index contributed by atoms with van der Waals surface area (Å²) in [6.07, 6.45) is -4.42. The number of fused-ring (bicyclic) bond motifs is 1. The van der Waals surface area contributed by atoms with E-state index < -0.39 is 11.7 Å². The number of halogens is 5. The quantitative estimate of drug-likeness (QED) is 0.219. The van der Waals surface area contributed by atoms with Gasteiger partial charge >= 0.3 is 6.18 Å². The molecular weight excluding hydrogens is 552 g/mol. The van der Waals surface area contributed by atoms with E-state index in [1.165, 1.54) is 12.1 Å². The summed E-state index contributed by atoms with van der Waals surface area (Å²) in [5, 5.41) is 7.06. The van der Waals surface area contributed by atoms with Crippen molar-refractivity contribution < 1.29 is 13.2 Å². The Balaban J connectivity index is 1.48. The van der Waals surface area contributed by atoms with Gasteiger partial charge in [-0.2, -0.15) is 28.1 Å². The molecular formula is C26H27Cl2F3N8. The van der Waals surface area contributed by atoms with Crippen LogP contribution in [0.3, 0.4) is 0 Å². The normalized spacial score (nSPS) is 14.8. The molecule has 0 radical (unpaired) electrons. The zero-order chi connectivity index (χ0) is 27.7. The first-order chi connectivity index (χ1) is 18.6. The molecule has 1 aliphatic rings. The molecule has 13 heteroatoms. The third kappa shape index (κ3) is 6.32. The van der Waals surface area contributed by atoms with Gasteiger partial charge in [0.25, 0.3) is 0 Å². The van der Waals surface area contributed by atoms with Crippen LogP contribution >= 0.6 is 23.2 Å². The van der Waals surface area contributed by atoms with E-state index in [2.05, 4.69) is 44.2 Å². The number of nitrogens with one attached hydrogen (secondary N) is 3. The van der Waals surface area contributed by atoms with Crippen molar-refractivity contribution in [3.05, 3.63) is 58.1 Å². The molecule has 206 valence electrons. The van der Waals surface area contributed by atoms with Crippen LogP contribution in [-0.2, 0) is 6.18 Å². The molecule has 39 heavy (non-hydrogen) atoms. The second-order valence-corrected chi connectivity index (χ2v) is 10.6. The molecule has 0 spiro atoms. The summed E-state index contributed by atoms with van der Waals surface area (Å²) in [5.41, 5.74) is 1.04. The molecule has 3 N–H and O–H groups in total. The number of nitrogens with zero attached hydrogens (tertiary/aromatic N) is 5. The molecule has 1 saturated heterocycles. The highest BCUT2D eigenvalue weighted by Gasteiger charge is 2.30. The van der Waals surface area contributed by atoms with Gasteiger partial charge in [-0.1, -0.05) is 43.1 Å². The minimum absolute atomic E-state index is 0.337. The summed E-state index contributed by atoms with van der Waals surface area (Å²) in [5.74, 6) is 1.77.